The highest BCUT2D eigenvalue weighted by atomic mass is 35.5. The van der Waals surface area contributed by atoms with Gasteiger partial charge in [-0.25, -0.2) is 0 Å². The second-order valence-electron chi connectivity index (χ2n) is 5.86. The summed E-state index contributed by atoms with van der Waals surface area (Å²) in [6.45, 7) is 8.50. The van der Waals surface area contributed by atoms with E-state index >= 15 is 0 Å². The van der Waals surface area contributed by atoms with Crippen LogP contribution in [-0.4, -0.2) is 53.8 Å². The first-order valence-electron chi connectivity index (χ1n) is 7.66. The Labute approximate surface area is 130 Å². The van der Waals surface area contributed by atoms with Crippen LogP contribution in [0.3, 0.4) is 0 Å². The van der Waals surface area contributed by atoms with Gasteiger partial charge in [0.05, 0.1) is 13.2 Å². The Kier molecular flexibility index (Phi) is 4.45. The molecule has 3 rings (SSSR count). The molecule has 0 amide bonds. The molecular weight excluding hydrogens is 290 g/mol. The third kappa shape index (κ3) is 3.21. The predicted molar refractivity (Wildman–Crippen MR) is 83.1 cm³/mol. The van der Waals surface area contributed by atoms with Gasteiger partial charge in [0.25, 0.3) is 0 Å². The molecule has 2 atom stereocenters. The van der Waals surface area contributed by atoms with Crippen molar-refractivity contribution in [3.05, 3.63) is 5.28 Å². The summed E-state index contributed by atoms with van der Waals surface area (Å²) in [5.41, 5.74) is 0. The number of rotatable bonds is 2. The van der Waals surface area contributed by atoms with Gasteiger partial charge in [-0.05, 0) is 37.3 Å². The summed E-state index contributed by atoms with van der Waals surface area (Å²) in [4.78, 5) is 17.7. The Balaban J connectivity index is 1.86. The Bertz CT molecular complexity index is 494. The zero-order valence-corrected chi connectivity index (χ0v) is 13.4. The van der Waals surface area contributed by atoms with Crippen molar-refractivity contribution in [2.45, 2.75) is 32.7 Å². The Morgan fingerprint density at radius 3 is 2.52 bits per heavy atom. The number of nitrogens with zero attached hydrogens (tertiary/aromatic N) is 5. The maximum Gasteiger partial charge on any atom is 0.231 e. The SMILES string of the molecule is CC1CCCN(c2nc(Cl)nc(N3CCOCC3)n2)C1C. The average Bonchev–Trinajstić information content (AvgIpc) is 2.50. The van der Waals surface area contributed by atoms with Crippen LogP contribution in [0.1, 0.15) is 26.7 Å². The maximum absolute atomic E-state index is 6.13. The van der Waals surface area contributed by atoms with Gasteiger partial charge in [-0.1, -0.05) is 6.92 Å². The lowest BCUT2D eigenvalue weighted by molar-refractivity contribution is 0.122. The lowest BCUT2D eigenvalue weighted by atomic mass is 9.92. The molecule has 2 fully saturated rings. The molecule has 2 saturated heterocycles. The van der Waals surface area contributed by atoms with Gasteiger partial charge in [-0.3, -0.25) is 0 Å². The molecule has 0 radical (unpaired) electrons. The molecule has 6 nitrogen and oxygen atoms in total. The van der Waals surface area contributed by atoms with Crippen LogP contribution in [0, 0.1) is 5.92 Å². The molecule has 2 unspecified atom stereocenters. The lowest BCUT2D eigenvalue weighted by Gasteiger charge is -2.38. The summed E-state index contributed by atoms with van der Waals surface area (Å²) in [6.07, 6.45) is 2.43. The molecule has 2 aliphatic heterocycles. The summed E-state index contributed by atoms with van der Waals surface area (Å²) in [5, 5.41) is 0.270. The van der Waals surface area contributed by atoms with Crippen molar-refractivity contribution < 1.29 is 4.74 Å². The van der Waals surface area contributed by atoms with E-state index in [0.717, 1.165) is 19.6 Å². The molecule has 7 heteroatoms. The number of hydrogen-bond donors (Lipinski definition) is 0. The summed E-state index contributed by atoms with van der Waals surface area (Å²) in [5.74, 6) is 2.01. The highest BCUT2D eigenvalue weighted by Gasteiger charge is 2.28. The molecule has 1 aromatic heterocycles. The molecule has 21 heavy (non-hydrogen) atoms. The van der Waals surface area contributed by atoms with Gasteiger partial charge in [-0.15, -0.1) is 0 Å². The van der Waals surface area contributed by atoms with E-state index in [4.69, 9.17) is 16.3 Å². The van der Waals surface area contributed by atoms with Crippen molar-refractivity contribution in [3.63, 3.8) is 0 Å². The minimum Gasteiger partial charge on any atom is -0.378 e. The minimum absolute atomic E-state index is 0.270. The number of hydrogen-bond acceptors (Lipinski definition) is 6. The highest BCUT2D eigenvalue weighted by Crippen LogP contribution is 2.27. The summed E-state index contributed by atoms with van der Waals surface area (Å²) >= 11 is 6.13. The van der Waals surface area contributed by atoms with Crippen molar-refractivity contribution in [2.24, 2.45) is 5.92 Å². The van der Waals surface area contributed by atoms with Crippen molar-refractivity contribution in [1.29, 1.82) is 0 Å². The smallest absolute Gasteiger partial charge is 0.231 e. The van der Waals surface area contributed by atoms with Crippen LogP contribution >= 0.6 is 11.6 Å². The van der Waals surface area contributed by atoms with Crippen molar-refractivity contribution in [1.82, 2.24) is 15.0 Å². The second-order valence-corrected chi connectivity index (χ2v) is 6.20. The van der Waals surface area contributed by atoms with Gasteiger partial charge >= 0.3 is 0 Å². The molecule has 0 aliphatic carbocycles. The third-order valence-corrected chi connectivity index (χ3v) is 4.68. The second kappa shape index (κ2) is 6.32. The molecule has 0 N–H and O–H groups in total. The fraction of sp³-hybridized carbons (Fsp3) is 0.786. The zero-order valence-electron chi connectivity index (χ0n) is 12.6. The molecule has 0 aromatic carbocycles. The highest BCUT2D eigenvalue weighted by molar-refractivity contribution is 6.28. The number of halogens is 1. The number of morpholine rings is 1. The van der Waals surface area contributed by atoms with E-state index in [1.165, 1.54) is 12.8 Å². The maximum atomic E-state index is 6.13. The fourth-order valence-electron chi connectivity index (χ4n) is 2.98. The predicted octanol–water partition coefficient (Wildman–Crippen LogP) is 1.99. The van der Waals surface area contributed by atoms with E-state index < -0.39 is 0 Å². The third-order valence-electron chi connectivity index (χ3n) is 4.51. The number of ether oxygens (including phenoxy) is 1. The van der Waals surface area contributed by atoms with Gasteiger partial charge in [0.15, 0.2) is 0 Å². The van der Waals surface area contributed by atoms with Gasteiger partial charge in [0.2, 0.25) is 17.2 Å². The van der Waals surface area contributed by atoms with Crippen LogP contribution in [0.15, 0.2) is 0 Å². The quantitative estimate of drug-likeness (QED) is 0.832. The van der Waals surface area contributed by atoms with Crippen LogP contribution in [0.5, 0.6) is 0 Å². The number of aromatic nitrogens is 3. The summed E-state index contributed by atoms with van der Waals surface area (Å²) < 4.78 is 5.37. The van der Waals surface area contributed by atoms with Crippen molar-refractivity contribution in [3.8, 4) is 0 Å². The molecule has 0 spiro atoms. The largest absolute Gasteiger partial charge is 0.378 e. The monoisotopic (exact) mass is 311 g/mol. The van der Waals surface area contributed by atoms with Crippen LogP contribution in [0.4, 0.5) is 11.9 Å². The summed E-state index contributed by atoms with van der Waals surface area (Å²) in [7, 11) is 0. The van der Waals surface area contributed by atoms with E-state index in [2.05, 4.69) is 38.6 Å². The molecule has 3 heterocycles. The van der Waals surface area contributed by atoms with E-state index in [1.807, 2.05) is 0 Å². The molecular formula is C14H22ClN5O. The molecule has 1 aromatic rings. The van der Waals surface area contributed by atoms with Crippen molar-refractivity contribution in [2.75, 3.05) is 42.6 Å². The van der Waals surface area contributed by atoms with Gasteiger partial charge < -0.3 is 14.5 Å². The molecule has 0 bridgehead atoms. The van der Waals surface area contributed by atoms with Crippen LogP contribution < -0.4 is 9.80 Å². The topological polar surface area (TPSA) is 54.4 Å². The normalized spacial score (nSPS) is 27.0. The molecule has 2 aliphatic rings. The van der Waals surface area contributed by atoms with Crippen LogP contribution in [0.2, 0.25) is 5.28 Å². The minimum atomic E-state index is 0.270. The first kappa shape index (κ1) is 14.8. The van der Waals surface area contributed by atoms with Gasteiger partial charge in [0, 0.05) is 25.7 Å². The van der Waals surface area contributed by atoms with E-state index in [0.29, 0.717) is 37.1 Å². The standard InChI is InChI=1S/C14H22ClN5O/c1-10-4-3-5-20(11(10)2)14-17-12(15)16-13(18-14)19-6-8-21-9-7-19/h10-11H,3-9H2,1-2H3. The molecule has 116 valence electrons. The first-order chi connectivity index (χ1) is 10.1. The molecule has 0 saturated carbocycles. The van der Waals surface area contributed by atoms with Crippen LogP contribution in [0.25, 0.3) is 0 Å². The Hall–Kier alpha value is -1.14. The zero-order chi connectivity index (χ0) is 14.8. The van der Waals surface area contributed by atoms with E-state index in [1.54, 1.807) is 0 Å². The van der Waals surface area contributed by atoms with E-state index in [-0.39, 0.29) is 5.28 Å². The first-order valence-corrected chi connectivity index (χ1v) is 8.04. The number of piperidine rings is 1. The Morgan fingerprint density at radius 2 is 1.76 bits per heavy atom. The van der Waals surface area contributed by atoms with E-state index in [9.17, 15) is 0 Å². The lowest BCUT2D eigenvalue weighted by Crippen LogP contribution is -2.44. The average molecular weight is 312 g/mol. The fourth-order valence-corrected chi connectivity index (χ4v) is 3.13. The van der Waals surface area contributed by atoms with Crippen LogP contribution in [-0.2, 0) is 4.74 Å². The van der Waals surface area contributed by atoms with Crippen molar-refractivity contribution >= 4 is 23.5 Å². The number of anilines is 2. The summed E-state index contributed by atoms with van der Waals surface area (Å²) in [6, 6.07) is 0.426. The van der Waals surface area contributed by atoms with Gasteiger partial charge in [0.1, 0.15) is 0 Å². The Morgan fingerprint density at radius 1 is 1.05 bits per heavy atom. The van der Waals surface area contributed by atoms with Gasteiger partial charge in [-0.2, -0.15) is 15.0 Å².